The topological polar surface area (TPSA) is 49.8 Å². The van der Waals surface area contributed by atoms with Gasteiger partial charge in [0.25, 0.3) is 0 Å². The van der Waals surface area contributed by atoms with Crippen LogP contribution >= 0.6 is 11.6 Å². The van der Waals surface area contributed by atoms with Crippen molar-refractivity contribution in [1.29, 1.82) is 0 Å². The van der Waals surface area contributed by atoms with Crippen molar-refractivity contribution in [3.63, 3.8) is 0 Å². The van der Waals surface area contributed by atoms with Crippen molar-refractivity contribution in [2.75, 3.05) is 17.2 Å². The zero-order valence-corrected chi connectivity index (χ0v) is 12.3. The fraction of sp³-hybridized carbons (Fsp3) is 0.333. The second-order valence-electron chi connectivity index (χ2n) is 4.50. The van der Waals surface area contributed by atoms with Gasteiger partial charge in [-0.15, -0.1) is 0 Å². The van der Waals surface area contributed by atoms with Crippen LogP contribution in [0.2, 0.25) is 5.02 Å². The number of aromatic nitrogens is 2. The number of halogens is 1. The van der Waals surface area contributed by atoms with Gasteiger partial charge in [-0.2, -0.15) is 4.98 Å². The molecule has 2 rings (SSSR count). The van der Waals surface area contributed by atoms with Crippen LogP contribution in [0, 0.1) is 0 Å². The maximum absolute atomic E-state index is 6.10. The molecule has 5 heteroatoms. The van der Waals surface area contributed by atoms with Crippen molar-refractivity contribution in [2.45, 2.75) is 26.2 Å². The number of rotatable bonds is 7. The third-order valence-electron chi connectivity index (χ3n) is 2.86. The minimum Gasteiger partial charge on any atom is -0.370 e. The standard InChI is InChI=1S/C15H19ClN4/c1-2-3-6-10-17-14-9-11-18-15(20-14)19-13-8-5-4-7-12(13)16/h4-5,7-9,11H,2-3,6,10H2,1H3,(H2,17,18,19,20). The zero-order valence-electron chi connectivity index (χ0n) is 11.6. The Hall–Kier alpha value is -1.81. The van der Waals surface area contributed by atoms with Gasteiger partial charge in [0.2, 0.25) is 5.95 Å². The lowest BCUT2D eigenvalue weighted by Crippen LogP contribution is -2.05. The third kappa shape index (κ3) is 4.38. The largest absolute Gasteiger partial charge is 0.370 e. The van der Waals surface area contributed by atoms with Crippen LogP contribution in [0.1, 0.15) is 26.2 Å². The van der Waals surface area contributed by atoms with Gasteiger partial charge in [0, 0.05) is 12.7 Å². The molecule has 0 fully saturated rings. The van der Waals surface area contributed by atoms with Crippen molar-refractivity contribution < 1.29 is 0 Å². The maximum Gasteiger partial charge on any atom is 0.229 e. The summed E-state index contributed by atoms with van der Waals surface area (Å²) in [6.07, 6.45) is 5.32. The molecule has 20 heavy (non-hydrogen) atoms. The molecule has 0 radical (unpaired) electrons. The molecule has 2 N–H and O–H groups in total. The molecule has 1 aromatic carbocycles. The normalized spacial score (nSPS) is 10.3. The molecule has 0 aliphatic carbocycles. The van der Waals surface area contributed by atoms with Crippen LogP contribution in [0.3, 0.4) is 0 Å². The molecule has 0 bridgehead atoms. The van der Waals surface area contributed by atoms with E-state index in [0.717, 1.165) is 24.5 Å². The molecule has 0 aliphatic heterocycles. The fourth-order valence-electron chi connectivity index (χ4n) is 1.79. The lowest BCUT2D eigenvalue weighted by atomic mass is 10.2. The summed E-state index contributed by atoms with van der Waals surface area (Å²) >= 11 is 6.10. The molecule has 0 saturated heterocycles. The van der Waals surface area contributed by atoms with Crippen LogP contribution in [0.15, 0.2) is 36.5 Å². The van der Waals surface area contributed by atoms with Crippen molar-refractivity contribution in [3.8, 4) is 0 Å². The van der Waals surface area contributed by atoms with Crippen molar-refractivity contribution >= 4 is 29.1 Å². The van der Waals surface area contributed by atoms with Gasteiger partial charge in [-0.1, -0.05) is 43.5 Å². The SMILES string of the molecule is CCCCCNc1ccnc(Nc2ccccc2Cl)n1. The maximum atomic E-state index is 6.10. The molecule has 0 amide bonds. The lowest BCUT2D eigenvalue weighted by Gasteiger charge is -2.09. The molecular weight excluding hydrogens is 272 g/mol. The highest BCUT2D eigenvalue weighted by molar-refractivity contribution is 6.33. The zero-order chi connectivity index (χ0) is 14.2. The Morgan fingerprint density at radius 3 is 2.80 bits per heavy atom. The summed E-state index contributed by atoms with van der Waals surface area (Å²) < 4.78 is 0. The first-order valence-corrected chi connectivity index (χ1v) is 7.26. The van der Waals surface area contributed by atoms with Gasteiger partial charge in [0.15, 0.2) is 0 Å². The Morgan fingerprint density at radius 2 is 2.00 bits per heavy atom. The monoisotopic (exact) mass is 290 g/mol. The number of hydrogen-bond acceptors (Lipinski definition) is 4. The molecule has 2 aromatic rings. The van der Waals surface area contributed by atoms with Gasteiger partial charge < -0.3 is 10.6 Å². The molecule has 0 atom stereocenters. The van der Waals surface area contributed by atoms with E-state index in [1.165, 1.54) is 12.8 Å². The van der Waals surface area contributed by atoms with Gasteiger partial charge in [-0.25, -0.2) is 4.98 Å². The Balaban J connectivity index is 1.97. The highest BCUT2D eigenvalue weighted by atomic mass is 35.5. The van der Waals surface area contributed by atoms with E-state index < -0.39 is 0 Å². The average molecular weight is 291 g/mol. The first kappa shape index (κ1) is 14.6. The number of hydrogen-bond donors (Lipinski definition) is 2. The van der Waals surface area contributed by atoms with E-state index in [9.17, 15) is 0 Å². The second-order valence-corrected chi connectivity index (χ2v) is 4.91. The van der Waals surface area contributed by atoms with Crippen LogP contribution < -0.4 is 10.6 Å². The Kier molecular flexibility index (Phi) is 5.62. The summed E-state index contributed by atoms with van der Waals surface area (Å²) in [5, 5.41) is 7.07. The van der Waals surface area contributed by atoms with Crippen LogP contribution in [-0.2, 0) is 0 Å². The van der Waals surface area contributed by atoms with Gasteiger partial charge in [0.05, 0.1) is 10.7 Å². The molecule has 1 heterocycles. The summed E-state index contributed by atoms with van der Waals surface area (Å²) in [6, 6.07) is 9.40. The second kappa shape index (κ2) is 7.70. The van der Waals surface area contributed by atoms with E-state index in [1.54, 1.807) is 6.20 Å². The molecule has 106 valence electrons. The van der Waals surface area contributed by atoms with Gasteiger partial charge in [-0.3, -0.25) is 0 Å². The number of nitrogens with one attached hydrogen (secondary N) is 2. The van der Waals surface area contributed by atoms with E-state index in [2.05, 4.69) is 27.5 Å². The van der Waals surface area contributed by atoms with E-state index in [1.807, 2.05) is 30.3 Å². The Morgan fingerprint density at radius 1 is 1.15 bits per heavy atom. The smallest absolute Gasteiger partial charge is 0.229 e. The highest BCUT2D eigenvalue weighted by Crippen LogP contribution is 2.23. The highest BCUT2D eigenvalue weighted by Gasteiger charge is 2.02. The quantitative estimate of drug-likeness (QED) is 0.738. The minimum atomic E-state index is 0.540. The van der Waals surface area contributed by atoms with E-state index in [-0.39, 0.29) is 0 Å². The summed E-state index contributed by atoms with van der Waals surface area (Å²) in [5.41, 5.74) is 0.803. The van der Waals surface area contributed by atoms with E-state index in [0.29, 0.717) is 11.0 Å². The summed E-state index contributed by atoms with van der Waals surface area (Å²) in [7, 11) is 0. The van der Waals surface area contributed by atoms with Crippen LogP contribution in [0.4, 0.5) is 17.5 Å². The summed E-state index contributed by atoms with van der Waals surface area (Å²) in [4.78, 5) is 8.61. The van der Waals surface area contributed by atoms with Crippen LogP contribution in [0.25, 0.3) is 0 Å². The van der Waals surface area contributed by atoms with Crippen LogP contribution in [0.5, 0.6) is 0 Å². The third-order valence-corrected chi connectivity index (χ3v) is 3.19. The predicted octanol–water partition coefficient (Wildman–Crippen LogP) is 4.48. The first-order valence-electron chi connectivity index (χ1n) is 6.88. The summed E-state index contributed by atoms with van der Waals surface area (Å²) in [5.74, 6) is 1.37. The van der Waals surface area contributed by atoms with Crippen molar-refractivity contribution in [3.05, 3.63) is 41.6 Å². The average Bonchev–Trinajstić information content (AvgIpc) is 2.47. The molecule has 0 aliphatic rings. The minimum absolute atomic E-state index is 0.540. The molecular formula is C15H19ClN4. The van der Waals surface area contributed by atoms with Crippen molar-refractivity contribution in [2.24, 2.45) is 0 Å². The van der Waals surface area contributed by atoms with Gasteiger partial charge in [0.1, 0.15) is 5.82 Å². The Bertz CT molecular complexity index is 545. The molecule has 0 unspecified atom stereocenters. The number of unbranched alkanes of at least 4 members (excludes halogenated alkanes) is 2. The Labute approximate surface area is 124 Å². The predicted molar refractivity (Wildman–Crippen MR) is 84.8 cm³/mol. The summed E-state index contributed by atoms with van der Waals surface area (Å²) in [6.45, 7) is 3.12. The number of nitrogens with zero attached hydrogens (tertiary/aromatic N) is 2. The first-order chi connectivity index (χ1) is 9.79. The van der Waals surface area contributed by atoms with Gasteiger partial charge >= 0.3 is 0 Å². The molecule has 1 aromatic heterocycles. The molecule has 4 nitrogen and oxygen atoms in total. The molecule has 0 saturated carbocycles. The van der Waals surface area contributed by atoms with E-state index >= 15 is 0 Å². The van der Waals surface area contributed by atoms with Gasteiger partial charge in [-0.05, 0) is 24.6 Å². The lowest BCUT2D eigenvalue weighted by molar-refractivity contribution is 0.742. The number of benzene rings is 1. The number of anilines is 3. The van der Waals surface area contributed by atoms with E-state index in [4.69, 9.17) is 11.6 Å². The van der Waals surface area contributed by atoms with Crippen LogP contribution in [-0.4, -0.2) is 16.5 Å². The van der Waals surface area contributed by atoms with Crippen molar-refractivity contribution in [1.82, 2.24) is 9.97 Å². The fourth-order valence-corrected chi connectivity index (χ4v) is 1.97. The molecule has 0 spiro atoms. The number of para-hydroxylation sites is 1.